The number of ether oxygens (including phenoxy) is 3. The van der Waals surface area contributed by atoms with Gasteiger partial charge in [0.25, 0.3) is 0 Å². The Morgan fingerprint density at radius 3 is 2.75 bits per heavy atom. The van der Waals surface area contributed by atoms with Crippen LogP contribution in [-0.4, -0.2) is 36.3 Å². The number of methoxy groups -OCH3 is 1. The predicted molar refractivity (Wildman–Crippen MR) is 108 cm³/mol. The second-order valence-electron chi connectivity index (χ2n) is 6.68. The molecule has 2 aromatic carbocycles. The summed E-state index contributed by atoms with van der Waals surface area (Å²) < 4.78 is 17.7. The van der Waals surface area contributed by atoms with Crippen molar-refractivity contribution in [2.24, 2.45) is 0 Å². The lowest BCUT2D eigenvalue weighted by atomic mass is 10.1. The van der Waals surface area contributed by atoms with Gasteiger partial charge in [0.15, 0.2) is 11.5 Å². The first kappa shape index (κ1) is 18.8. The number of halogens is 1. The second-order valence-corrected chi connectivity index (χ2v) is 7.12. The minimum Gasteiger partial charge on any atom is -0.493 e. The lowest BCUT2D eigenvalue weighted by Crippen LogP contribution is -2.34. The van der Waals surface area contributed by atoms with Crippen LogP contribution in [0.5, 0.6) is 17.4 Å². The van der Waals surface area contributed by atoms with Gasteiger partial charge in [0.2, 0.25) is 5.88 Å². The molecule has 0 atom stereocenters. The van der Waals surface area contributed by atoms with Crippen molar-refractivity contribution >= 4 is 22.5 Å². The third-order valence-electron chi connectivity index (χ3n) is 4.73. The normalized spacial score (nSPS) is 14.8. The van der Waals surface area contributed by atoms with E-state index in [9.17, 15) is 0 Å². The van der Waals surface area contributed by atoms with E-state index in [0.717, 1.165) is 42.4 Å². The van der Waals surface area contributed by atoms with Crippen LogP contribution in [0.4, 0.5) is 0 Å². The Bertz CT molecular complexity index is 961. The van der Waals surface area contributed by atoms with Crippen LogP contribution in [-0.2, 0) is 6.61 Å². The van der Waals surface area contributed by atoms with Crippen molar-refractivity contribution < 1.29 is 14.2 Å². The first-order chi connectivity index (χ1) is 13.7. The van der Waals surface area contributed by atoms with E-state index in [1.165, 1.54) is 6.33 Å². The number of hydrogen-bond acceptors (Lipinski definition) is 6. The Kier molecular flexibility index (Phi) is 5.78. The van der Waals surface area contributed by atoms with E-state index >= 15 is 0 Å². The maximum Gasteiger partial charge on any atom is 0.224 e. The molecule has 1 fully saturated rings. The molecular weight excluding hydrogens is 378 g/mol. The summed E-state index contributed by atoms with van der Waals surface area (Å²) >= 11 is 6.05. The number of nitrogens with zero attached hydrogens (tertiary/aromatic N) is 2. The van der Waals surface area contributed by atoms with Crippen molar-refractivity contribution in [2.75, 3.05) is 20.2 Å². The van der Waals surface area contributed by atoms with Crippen molar-refractivity contribution in [2.45, 2.75) is 25.6 Å². The molecule has 4 rings (SSSR count). The first-order valence-electron chi connectivity index (χ1n) is 9.30. The summed E-state index contributed by atoms with van der Waals surface area (Å²) in [5.41, 5.74) is 1.71. The third kappa shape index (κ3) is 4.29. The average molecular weight is 400 g/mol. The largest absolute Gasteiger partial charge is 0.493 e. The van der Waals surface area contributed by atoms with Gasteiger partial charge in [-0.3, -0.25) is 0 Å². The highest BCUT2D eigenvalue weighted by molar-refractivity contribution is 6.30. The van der Waals surface area contributed by atoms with Gasteiger partial charge >= 0.3 is 0 Å². The van der Waals surface area contributed by atoms with Gasteiger partial charge in [0, 0.05) is 11.1 Å². The van der Waals surface area contributed by atoms with E-state index in [1.807, 2.05) is 36.4 Å². The smallest absolute Gasteiger partial charge is 0.224 e. The van der Waals surface area contributed by atoms with Crippen molar-refractivity contribution in [1.29, 1.82) is 0 Å². The number of rotatable bonds is 6. The Morgan fingerprint density at radius 1 is 1.11 bits per heavy atom. The minimum absolute atomic E-state index is 0.160. The molecule has 1 aliphatic rings. The molecule has 146 valence electrons. The SMILES string of the molecule is COc1cc2ncnc(OCc3cccc(Cl)c3)c2cc1OC1CCNCC1. The molecule has 1 saturated heterocycles. The second kappa shape index (κ2) is 8.63. The first-order valence-corrected chi connectivity index (χ1v) is 9.68. The fourth-order valence-electron chi connectivity index (χ4n) is 3.28. The van der Waals surface area contributed by atoms with E-state index in [-0.39, 0.29) is 6.10 Å². The van der Waals surface area contributed by atoms with Gasteiger partial charge in [0.1, 0.15) is 19.0 Å². The molecule has 3 aromatic rings. The van der Waals surface area contributed by atoms with Gasteiger partial charge in [-0.1, -0.05) is 23.7 Å². The van der Waals surface area contributed by atoms with Gasteiger partial charge in [-0.05, 0) is 49.7 Å². The van der Waals surface area contributed by atoms with Crippen molar-refractivity contribution in [1.82, 2.24) is 15.3 Å². The van der Waals surface area contributed by atoms with Gasteiger partial charge in [-0.25, -0.2) is 9.97 Å². The number of hydrogen-bond donors (Lipinski definition) is 1. The van der Waals surface area contributed by atoms with Crippen LogP contribution in [0.15, 0.2) is 42.7 Å². The van der Waals surface area contributed by atoms with Gasteiger partial charge in [0.05, 0.1) is 18.0 Å². The summed E-state index contributed by atoms with van der Waals surface area (Å²) in [6.45, 7) is 2.28. The zero-order valence-corrected chi connectivity index (χ0v) is 16.4. The van der Waals surface area contributed by atoms with E-state index in [2.05, 4.69) is 15.3 Å². The molecule has 1 aromatic heterocycles. The lowest BCUT2D eigenvalue weighted by Gasteiger charge is -2.25. The summed E-state index contributed by atoms with van der Waals surface area (Å²) in [7, 11) is 1.63. The minimum atomic E-state index is 0.160. The number of fused-ring (bicyclic) bond motifs is 1. The fourth-order valence-corrected chi connectivity index (χ4v) is 3.49. The highest BCUT2D eigenvalue weighted by atomic mass is 35.5. The Balaban J connectivity index is 1.62. The molecule has 28 heavy (non-hydrogen) atoms. The summed E-state index contributed by atoms with van der Waals surface area (Å²) in [6.07, 6.45) is 3.57. The topological polar surface area (TPSA) is 65.5 Å². The number of nitrogens with one attached hydrogen (secondary N) is 1. The van der Waals surface area contributed by atoms with E-state index < -0.39 is 0 Å². The molecule has 0 amide bonds. The molecule has 0 saturated carbocycles. The molecule has 6 nitrogen and oxygen atoms in total. The van der Waals surface area contributed by atoms with Crippen molar-refractivity contribution in [3.63, 3.8) is 0 Å². The number of aromatic nitrogens is 2. The lowest BCUT2D eigenvalue weighted by molar-refractivity contribution is 0.157. The van der Waals surface area contributed by atoms with Crippen LogP contribution in [0.2, 0.25) is 5.02 Å². The maximum absolute atomic E-state index is 6.23. The molecule has 2 heterocycles. The molecule has 0 unspecified atom stereocenters. The number of piperidine rings is 1. The predicted octanol–water partition coefficient (Wildman–Crippen LogP) is 4.00. The molecule has 0 aliphatic carbocycles. The molecule has 0 radical (unpaired) electrons. The van der Waals surface area contributed by atoms with Gasteiger partial charge < -0.3 is 19.5 Å². The van der Waals surface area contributed by atoms with Crippen LogP contribution >= 0.6 is 11.6 Å². The summed E-state index contributed by atoms with van der Waals surface area (Å²) in [5.74, 6) is 1.85. The van der Waals surface area contributed by atoms with Crippen molar-refractivity contribution in [3.05, 3.63) is 53.3 Å². The Hall–Kier alpha value is -2.57. The highest BCUT2D eigenvalue weighted by Gasteiger charge is 2.19. The zero-order chi connectivity index (χ0) is 19.3. The fraction of sp³-hybridized carbons (Fsp3) is 0.333. The van der Waals surface area contributed by atoms with Crippen LogP contribution < -0.4 is 19.5 Å². The van der Waals surface area contributed by atoms with Crippen LogP contribution in [0.1, 0.15) is 18.4 Å². The third-order valence-corrected chi connectivity index (χ3v) is 4.96. The monoisotopic (exact) mass is 399 g/mol. The molecule has 1 aliphatic heterocycles. The molecule has 0 bridgehead atoms. The van der Waals surface area contributed by atoms with Crippen molar-refractivity contribution in [3.8, 4) is 17.4 Å². The average Bonchev–Trinajstić information content (AvgIpc) is 2.72. The molecule has 7 heteroatoms. The Labute approximate surface area is 168 Å². The molecule has 1 N–H and O–H groups in total. The van der Waals surface area contributed by atoms with E-state index in [0.29, 0.717) is 29.0 Å². The summed E-state index contributed by atoms with van der Waals surface area (Å²) in [4.78, 5) is 8.66. The van der Waals surface area contributed by atoms with Crippen LogP contribution in [0, 0.1) is 0 Å². The van der Waals surface area contributed by atoms with Gasteiger partial charge in [-0.2, -0.15) is 0 Å². The highest BCUT2D eigenvalue weighted by Crippen LogP contribution is 2.36. The molecular formula is C21H22ClN3O3. The van der Waals surface area contributed by atoms with Crippen LogP contribution in [0.3, 0.4) is 0 Å². The van der Waals surface area contributed by atoms with E-state index in [1.54, 1.807) is 7.11 Å². The van der Waals surface area contributed by atoms with Gasteiger partial charge in [-0.15, -0.1) is 0 Å². The summed E-state index contributed by atoms with van der Waals surface area (Å²) in [5, 5.41) is 4.81. The zero-order valence-electron chi connectivity index (χ0n) is 15.7. The maximum atomic E-state index is 6.23. The van der Waals surface area contributed by atoms with E-state index in [4.69, 9.17) is 25.8 Å². The summed E-state index contributed by atoms with van der Waals surface area (Å²) in [6, 6.07) is 11.3. The standard InChI is InChI=1S/C21H22ClN3O3/c1-26-19-11-18-17(10-20(19)28-16-5-7-23-8-6-16)21(25-13-24-18)27-12-14-3-2-4-15(22)9-14/h2-4,9-11,13,16,23H,5-8,12H2,1H3. The molecule has 0 spiro atoms. The van der Waals surface area contributed by atoms with Crippen LogP contribution in [0.25, 0.3) is 10.9 Å². The number of benzene rings is 2. The Morgan fingerprint density at radius 2 is 1.96 bits per heavy atom. The quantitative estimate of drug-likeness (QED) is 0.675.